The van der Waals surface area contributed by atoms with Crippen molar-refractivity contribution in [3.8, 4) is 0 Å². The summed E-state index contributed by atoms with van der Waals surface area (Å²) in [6.45, 7) is 10.1. The van der Waals surface area contributed by atoms with E-state index >= 15 is 0 Å². The molecule has 0 spiro atoms. The quantitative estimate of drug-likeness (QED) is 0.807. The van der Waals surface area contributed by atoms with Crippen LogP contribution in [0.15, 0.2) is 30.3 Å². The average molecular weight is 327 g/mol. The zero-order valence-electron chi connectivity index (χ0n) is 15.3. The molecule has 0 bridgehead atoms. The first-order valence-corrected chi connectivity index (χ1v) is 8.81. The largest absolute Gasteiger partial charge is 0.356 e. The first-order valence-electron chi connectivity index (χ1n) is 8.81. The molecule has 0 radical (unpaired) electrons. The molecule has 4 heteroatoms. The fourth-order valence-corrected chi connectivity index (χ4v) is 2.94. The van der Waals surface area contributed by atoms with E-state index in [1.807, 2.05) is 25.1 Å². The topological polar surface area (TPSA) is 46.9 Å². The summed E-state index contributed by atoms with van der Waals surface area (Å²) >= 11 is 0. The van der Waals surface area contributed by atoms with Crippen LogP contribution in [0.5, 0.6) is 0 Å². The van der Waals surface area contributed by atoms with Crippen molar-refractivity contribution in [2.45, 2.75) is 53.5 Å². The van der Waals surface area contributed by atoms with Crippen molar-refractivity contribution in [3.05, 3.63) is 52.8 Å². The van der Waals surface area contributed by atoms with Crippen LogP contribution in [0.1, 0.15) is 42.8 Å². The Hall–Kier alpha value is -2.10. The van der Waals surface area contributed by atoms with Gasteiger partial charge in [-0.15, -0.1) is 0 Å². The van der Waals surface area contributed by atoms with E-state index < -0.39 is 0 Å². The first-order chi connectivity index (χ1) is 11.5. The molecular weight excluding hydrogens is 298 g/mol. The summed E-state index contributed by atoms with van der Waals surface area (Å²) in [4.78, 5) is 12.1. The van der Waals surface area contributed by atoms with Crippen LogP contribution in [0.3, 0.4) is 0 Å². The van der Waals surface area contributed by atoms with Crippen molar-refractivity contribution in [1.82, 2.24) is 15.1 Å². The molecule has 1 heterocycles. The van der Waals surface area contributed by atoms with Gasteiger partial charge in [-0.25, -0.2) is 0 Å². The lowest BCUT2D eigenvalue weighted by molar-refractivity contribution is -0.121. The summed E-state index contributed by atoms with van der Waals surface area (Å²) in [5, 5.41) is 7.63. The molecule has 130 valence electrons. The Labute approximate surface area is 145 Å². The van der Waals surface area contributed by atoms with Crippen molar-refractivity contribution >= 4 is 5.91 Å². The van der Waals surface area contributed by atoms with E-state index in [2.05, 4.69) is 48.0 Å². The lowest BCUT2D eigenvalue weighted by Crippen LogP contribution is -2.26. The Bertz CT molecular complexity index is 659. The van der Waals surface area contributed by atoms with E-state index in [-0.39, 0.29) is 5.91 Å². The molecule has 2 rings (SSSR count). The maximum Gasteiger partial charge on any atom is 0.220 e. The van der Waals surface area contributed by atoms with Gasteiger partial charge in [-0.2, -0.15) is 5.10 Å². The normalized spacial score (nSPS) is 11.0. The summed E-state index contributed by atoms with van der Waals surface area (Å²) < 4.78 is 2.07. The molecule has 0 saturated carbocycles. The second kappa shape index (κ2) is 8.67. The second-order valence-corrected chi connectivity index (χ2v) is 6.81. The Balaban J connectivity index is 1.80. The molecule has 1 aromatic carbocycles. The minimum atomic E-state index is 0.112. The molecule has 0 unspecified atom stereocenters. The van der Waals surface area contributed by atoms with Crippen molar-refractivity contribution in [2.24, 2.45) is 5.92 Å². The molecule has 1 aromatic heterocycles. The molecule has 2 aromatic rings. The number of aryl methyl sites for hydroxylation is 1. The fourth-order valence-electron chi connectivity index (χ4n) is 2.94. The van der Waals surface area contributed by atoms with Crippen molar-refractivity contribution < 1.29 is 4.79 Å². The highest BCUT2D eigenvalue weighted by Crippen LogP contribution is 2.16. The summed E-state index contributed by atoms with van der Waals surface area (Å²) in [7, 11) is 0. The lowest BCUT2D eigenvalue weighted by Gasteiger charge is -2.08. The van der Waals surface area contributed by atoms with E-state index in [0.717, 1.165) is 25.1 Å². The van der Waals surface area contributed by atoms with Crippen LogP contribution < -0.4 is 5.32 Å². The monoisotopic (exact) mass is 327 g/mol. The number of aromatic nitrogens is 2. The fraction of sp³-hybridized carbons (Fsp3) is 0.500. The van der Waals surface area contributed by atoms with Gasteiger partial charge in [0, 0.05) is 25.2 Å². The number of carbonyl (C=O) groups is 1. The molecule has 24 heavy (non-hydrogen) atoms. The molecule has 4 nitrogen and oxygen atoms in total. The predicted octanol–water partition coefficient (Wildman–Crippen LogP) is 3.45. The van der Waals surface area contributed by atoms with Crippen molar-refractivity contribution in [3.63, 3.8) is 0 Å². The van der Waals surface area contributed by atoms with Crippen LogP contribution in [-0.4, -0.2) is 22.2 Å². The molecule has 0 aliphatic rings. The molecule has 1 N–H and O–H groups in total. The number of carbonyl (C=O) groups excluding carboxylic acids is 1. The van der Waals surface area contributed by atoms with Crippen LogP contribution in [0.25, 0.3) is 0 Å². The third kappa shape index (κ3) is 5.22. The third-order valence-electron chi connectivity index (χ3n) is 4.25. The predicted molar refractivity (Wildman–Crippen MR) is 98.0 cm³/mol. The third-order valence-corrected chi connectivity index (χ3v) is 4.25. The van der Waals surface area contributed by atoms with Gasteiger partial charge in [-0.1, -0.05) is 44.2 Å². The minimum absolute atomic E-state index is 0.112. The van der Waals surface area contributed by atoms with Crippen LogP contribution in [0.4, 0.5) is 0 Å². The van der Waals surface area contributed by atoms with Crippen LogP contribution in [0, 0.1) is 19.8 Å². The number of benzene rings is 1. The van der Waals surface area contributed by atoms with Gasteiger partial charge >= 0.3 is 0 Å². The van der Waals surface area contributed by atoms with Gasteiger partial charge in [0.25, 0.3) is 0 Å². The van der Waals surface area contributed by atoms with Gasteiger partial charge in [-0.3, -0.25) is 9.48 Å². The van der Waals surface area contributed by atoms with Gasteiger partial charge < -0.3 is 5.32 Å². The molecule has 0 atom stereocenters. The van der Waals surface area contributed by atoms with Gasteiger partial charge in [0.15, 0.2) is 0 Å². The molecule has 0 fully saturated rings. The van der Waals surface area contributed by atoms with Gasteiger partial charge in [0.1, 0.15) is 0 Å². The van der Waals surface area contributed by atoms with Gasteiger partial charge in [-0.05, 0) is 43.7 Å². The number of nitrogens with zero attached hydrogens (tertiary/aromatic N) is 2. The van der Waals surface area contributed by atoms with Crippen LogP contribution >= 0.6 is 0 Å². The maximum absolute atomic E-state index is 12.1. The van der Waals surface area contributed by atoms with Crippen molar-refractivity contribution in [2.75, 3.05) is 6.54 Å². The van der Waals surface area contributed by atoms with E-state index in [9.17, 15) is 4.79 Å². The summed E-state index contributed by atoms with van der Waals surface area (Å²) in [5.74, 6) is 0.679. The van der Waals surface area contributed by atoms with Crippen molar-refractivity contribution in [1.29, 1.82) is 0 Å². The Morgan fingerprint density at radius 2 is 1.88 bits per heavy atom. The zero-order valence-corrected chi connectivity index (χ0v) is 15.3. The van der Waals surface area contributed by atoms with Gasteiger partial charge in [0.05, 0.1) is 5.69 Å². The zero-order chi connectivity index (χ0) is 17.5. The van der Waals surface area contributed by atoms with Crippen LogP contribution in [-0.2, 0) is 24.2 Å². The highest BCUT2D eigenvalue weighted by molar-refractivity contribution is 5.76. The number of nitrogens with one attached hydrogen (secondary N) is 1. The lowest BCUT2D eigenvalue weighted by atomic mass is 10.1. The highest BCUT2D eigenvalue weighted by Gasteiger charge is 2.13. The van der Waals surface area contributed by atoms with Crippen LogP contribution in [0.2, 0.25) is 0 Å². The molecule has 0 saturated heterocycles. The number of hydrogen-bond donors (Lipinski definition) is 1. The standard InChI is InChI=1S/C20H29N3O/c1-15(2)14-23-17(4)19(16(3)22-23)10-11-20(24)21-13-12-18-8-6-5-7-9-18/h5-9,15H,10-14H2,1-4H3,(H,21,24). The first kappa shape index (κ1) is 18.2. The second-order valence-electron chi connectivity index (χ2n) is 6.81. The van der Waals surface area contributed by atoms with E-state index in [4.69, 9.17) is 0 Å². The Kier molecular flexibility index (Phi) is 6.59. The smallest absolute Gasteiger partial charge is 0.220 e. The number of amides is 1. The summed E-state index contributed by atoms with van der Waals surface area (Å²) in [6, 6.07) is 10.2. The summed E-state index contributed by atoms with van der Waals surface area (Å²) in [5.41, 5.74) is 4.71. The van der Waals surface area contributed by atoms with E-state index in [1.165, 1.54) is 16.8 Å². The molecular formula is C20H29N3O. The number of rotatable bonds is 8. The SMILES string of the molecule is Cc1nn(CC(C)C)c(C)c1CCC(=O)NCCc1ccccc1. The number of hydrogen-bond acceptors (Lipinski definition) is 2. The Morgan fingerprint density at radius 1 is 1.17 bits per heavy atom. The van der Waals surface area contributed by atoms with E-state index in [0.29, 0.717) is 18.9 Å². The molecule has 1 amide bonds. The summed E-state index contributed by atoms with van der Waals surface area (Å²) in [6.07, 6.45) is 2.15. The molecule has 0 aliphatic heterocycles. The van der Waals surface area contributed by atoms with Gasteiger partial charge in [0.2, 0.25) is 5.91 Å². The van der Waals surface area contributed by atoms with E-state index in [1.54, 1.807) is 0 Å². The highest BCUT2D eigenvalue weighted by atomic mass is 16.1. The average Bonchev–Trinajstić information content (AvgIpc) is 2.80. The Morgan fingerprint density at radius 3 is 2.54 bits per heavy atom. The maximum atomic E-state index is 12.1. The minimum Gasteiger partial charge on any atom is -0.356 e. The molecule has 0 aliphatic carbocycles.